The number of carbonyl (C=O) groups excluding carboxylic acids is 2. The highest BCUT2D eigenvalue weighted by atomic mass is 16.3. The van der Waals surface area contributed by atoms with E-state index >= 15 is 0 Å². The molecule has 0 saturated carbocycles. The summed E-state index contributed by atoms with van der Waals surface area (Å²) in [6, 6.07) is 8.78. The minimum Gasteiger partial charge on any atom is -0.472 e. The van der Waals surface area contributed by atoms with Crippen LogP contribution in [0.4, 0.5) is 5.69 Å². The monoisotopic (exact) mass is 227 g/mol. The van der Waals surface area contributed by atoms with Crippen molar-refractivity contribution in [2.45, 2.75) is 5.92 Å². The normalized spacial score (nSPS) is 17.6. The number of nitrogens with one attached hydrogen (secondary N) is 1. The molecule has 0 bridgehead atoms. The van der Waals surface area contributed by atoms with Gasteiger partial charge in [-0.2, -0.15) is 0 Å². The molecule has 1 aliphatic rings. The molecular weight excluding hydrogens is 218 g/mol. The Morgan fingerprint density at radius 3 is 2.82 bits per heavy atom. The molecule has 17 heavy (non-hydrogen) atoms. The number of rotatable bonds is 2. The van der Waals surface area contributed by atoms with Gasteiger partial charge in [0.25, 0.3) is 0 Å². The maximum absolute atomic E-state index is 12.2. The van der Waals surface area contributed by atoms with Gasteiger partial charge in [0.15, 0.2) is 5.78 Å². The predicted octanol–water partition coefficient (Wildman–Crippen LogP) is 2.20. The van der Waals surface area contributed by atoms with Crippen LogP contribution in [0.3, 0.4) is 0 Å². The Morgan fingerprint density at radius 2 is 2.06 bits per heavy atom. The zero-order valence-corrected chi connectivity index (χ0v) is 8.84. The minimum absolute atomic E-state index is 0.235. The molecule has 2 aromatic rings. The van der Waals surface area contributed by atoms with Crippen LogP contribution >= 0.6 is 0 Å². The van der Waals surface area contributed by atoms with Gasteiger partial charge >= 0.3 is 0 Å². The van der Waals surface area contributed by atoms with Gasteiger partial charge in [0.2, 0.25) is 5.91 Å². The Morgan fingerprint density at radius 1 is 1.24 bits per heavy atom. The van der Waals surface area contributed by atoms with Crippen LogP contribution in [0.1, 0.15) is 21.8 Å². The summed E-state index contributed by atoms with van der Waals surface area (Å²) < 4.78 is 4.87. The highest BCUT2D eigenvalue weighted by Crippen LogP contribution is 2.34. The molecule has 1 aromatic heterocycles. The van der Waals surface area contributed by atoms with E-state index in [0.29, 0.717) is 11.3 Å². The van der Waals surface area contributed by atoms with Crippen molar-refractivity contribution in [3.63, 3.8) is 0 Å². The predicted molar refractivity (Wildman–Crippen MR) is 60.9 cm³/mol. The van der Waals surface area contributed by atoms with E-state index in [1.165, 1.54) is 12.5 Å². The Hall–Kier alpha value is -2.36. The van der Waals surface area contributed by atoms with E-state index in [0.717, 1.165) is 5.56 Å². The van der Waals surface area contributed by atoms with Gasteiger partial charge in [-0.1, -0.05) is 18.2 Å². The third kappa shape index (κ3) is 1.45. The summed E-state index contributed by atoms with van der Waals surface area (Å²) in [5.41, 5.74) is 1.85. The second kappa shape index (κ2) is 3.59. The lowest BCUT2D eigenvalue weighted by Gasteiger charge is -2.05. The van der Waals surface area contributed by atoms with E-state index in [9.17, 15) is 9.59 Å². The molecule has 1 atom stereocenters. The molecule has 0 saturated heterocycles. The average Bonchev–Trinajstić information content (AvgIpc) is 2.94. The molecular formula is C13H9NO3. The van der Waals surface area contributed by atoms with Gasteiger partial charge in [0.1, 0.15) is 12.2 Å². The van der Waals surface area contributed by atoms with E-state index in [1.54, 1.807) is 18.2 Å². The van der Waals surface area contributed by atoms with Gasteiger partial charge in [-0.3, -0.25) is 9.59 Å². The third-order valence-corrected chi connectivity index (χ3v) is 2.86. The zero-order valence-electron chi connectivity index (χ0n) is 8.84. The van der Waals surface area contributed by atoms with Crippen molar-refractivity contribution in [1.29, 1.82) is 0 Å². The second-order valence-corrected chi connectivity index (χ2v) is 3.89. The lowest BCUT2D eigenvalue weighted by Crippen LogP contribution is -2.20. The highest BCUT2D eigenvalue weighted by Gasteiger charge is 2.36. The van der Waals surface area contributed by atoms with Crippen LogP contribution in [0, 0.1) is 0 Å². The fraction of sp³-hybridized carbons (Fsp3) is 0.0769. The SMILES string of the molecule is O=C1Nc2ccccc2C1C(=O)c1ccoc1. The van der Waals surface area contributed by atoms with Crippen molar-refractivity contribution >= 4 is 17.4 Å². The Bertz CT molecular complexity index is 586. The van der Waals surface area contributed by atoms with Crippen LogP contribution in [-0.2, 0) is 4.79 Å². The standard InChI is InChI=1S/C13H9NO3/c15-12(8-5-6-17-7-8)11-9-3-1-2-4-10(9)14-13(11)16/h1-7,11H,(H,14,16). The second-order valence-electron chi connectivity index (χ2n) is 3.89. The molecule has 0 fully saturated rings. The van der Waals surface area contributed by atoms with E-state index in [4.69, 9.17) is 4.42 Å². The molecule has 84 valence electrons. The number of amides is 1. The number of ketones is 1. The molecule has 1 N–H and O–H groups in total. The first-order valence-corrected chi connectivity index (χ1v) is 5.23. The summed E-state index contributed by atoms with van der Waals surface area (Å²) in [7, 11) is 0. The number of carbonyl (C=O) groups is 2. The van der Waals surface area contributed by atoms with Crippen molar-refractivity contribution < 1.29 is 14.0 Å². The fourth-order valence-corrected chi connectivity index (χ4v) is 2.04. The largest absolute Gasteiger partial charge is 0.472 e. The molecule has 4 heteroatoms. The maximum atomic E-state index is 12.2. The first-order valence-electron chi connectivity index (χ1n) is 5.23. The number of benzene rings is 1. The number of furan rings is 1. The Balaban J connectivity index is 2.04. The molecule has 0 spiro atoms. The van der Waals surface area contributed by atoms with Crippen LogP contribution in [-0.4, -0.2) is 11.7 Å². The number of hydrogen-bond donors (Lipinski definition) is 1. The lowest BCUT2D eigenvalue weighted by molar-refractivity contribution is -0.116. The molecule has 0 aliphatic carbocycles. The van der Waals surface area contributed by atoms with Crippen molar-refractivity contribution in [3.8, 4) is 0 Å². The first-order chi connectivity index (χ1) is 8.27. The van der Waals surface area contributed by atoms with Gasteiger partial charge in [-0.05, 0) is 17.7 Å². The van der Waals surface area contributed by atoms with E-state index in [-0.39, 0.29) is 11.7 Å². The molecule has 0 radical (unpaired) electrons. The van der Waals surface area contributed by atoms with Gasteiger partial charge in [0.05, 0.1) is 11.8 Å². The molecule has 3 rings (SSSR count). The minimum atomic E-state index is -0.760. The third-order valence-electron chi connectivity index (χ3n) is 2.86. The maximum Gasteiger partial charge on any atom is 0.239 e. The van der Waals surface area contributed by atoms with Crippen molar-refractivity contribution in [3.05, 3.63) is 54.0 Å². The van der Waals surface area contributed by atoms with Crippen LogP contribution in [0.5, 0.6) is 0 Å². The summed E-state index contributed by atoms with van der Waals surface area (Å²) in [5.74, 6) is -1.28. The van der Waals surface area contributed by atoms with Crippen molar-refractivity contribution in [1.82, 2.24) is 0 Å². The van der Waals surface area contributed by atoms with Crippen LogP contribution in [0.15, 0.2) is 47.3 Å². The fourth-order valence-electron chi connectivity index (χ4n) is 2.04. The molecule has 1 unspecified atom stereocenters. The van der Waals surface area contributed by atoms with Crippen LogP contribution < -0.4 is 5.32 Å². The van der Waals surface area contributed by atoms with Crippen LogP contribution in [0.25, 0.3) is 0 Å². The summed E-state index contributed by atoms with van der Waals surface area (Å²) >= 11 is 0. The number of fused-ring (bicyclic) bond motifs is 1. The molecule has 1 aliphatic heterocycles. The zero-order chi connectivity index (χ0) is 11.8. The summed E-state index contributed by atoms with van der Waals surface area (Å²) in [4.78, 5) is 24.0. The van der Waals surface area contributed by atoms with E-state index in [2.05, 4.69) is 5.32 Å². The lowest BCUT2D eigenvalue weighted by atomic mass is 9.93. The smallest absolute Gasteiger partial charge is 0.239 e. The van der Waals surface area contributed by atoms with E-state index in [1.807, 2.05) is 12.1 Å². The summed E-state index contributed by atoms with van der Waals surface area (Å²) in [5, 5.41) is 2.70. The molecule has 4 nitrogen and oxygen atoms in total. The number of para-hydroxylation sites is 1. The van der Waals surface area contributed by atoms with Gasteiger partial charge in [-0.15, -0.1) is 0 Å². The first kappa shape index (κ1) is 9.84. The highest BCUT2D eigenvalue weighted by molar-refractivity contribution is 6.21. The number of anilines is 1. The van der Waals surface area contributed by atoms with E-state index < -0.39 is 5.92 Å². The molecule has 1 aromatic carbocycles. The summed E-state index contributed by atoms with van der Waals surface area (Å²) in [6.45, 7) is 0. The number of Topliss-reactive ketones (excluding diaryl/α,β-unsaturated/α-hetero) is 1. The Kier molecular flexibility index (Phi) is 2.08. The molecule has 2 heterocycles. The molecule has 1 amide bonds. The quantitative estimate of drug-likeness (QED) is 0.632. The van der Waals surface area contributed by atoms with Crippen LogP contribution in [0.2, 0.25) is 0 Å². The number of hydrogen-bond acceptors (Lipinski definition) is 3. The topological polar surface area (TPSA) is 59.3 Å². The van der Waals surface area contributed by atoms with Gasteiger partial charge in [-0.25, -0.2) is 0 Å². The summed E-state index contributed by atoms with van der Waals surface area (Å²) in [6.07, 6.45) is 2.78. The average molecular weight is 227 g/mol. The Labute approximate surface area is 97.2 Å². The van der Waals surface area contributed by atoms with Crippen molar-refractivity contribution in [2.24, 2.45) is 0 Å². The van der Waals surface area contributed by atoms with Crippen molar-refractivity contribution in [2.75, 3.05) is 5.32 Å². The van der Waals surface area contributed by atoms with Gasteiger partial charge < -0.3 is 9.73 Å². The van der Waals surface area contributed by atoms with Gasteiger partial charge in [0, 0.05) is 5.69 Å².